The van der Waals surface area contributed by atoms with E-state index in [0.29, 0.717) is 0 Å². The molecule has 40 valence electrons. The van der Waals surface area contributed by atoms with Crippen molar-refractivity contribution in [1.29, 1.82) is 0 Å². The van der Waals surface area contributed by atoms with Crippen LogP contribution in [0.2, 0.25) is 0 Å². The average Bonchev–Trinajstić information content (AvgIpc) is 0.722. The Morgan fingerprint density at radius 2 is 1.17 bits per heavy atom. The van der Waals surface area contributed by atoms with Gasteiger partial charge in [0.05, 0.1) is 0 Å². The van der Waals surface area contributed by atoms with Crippen LogP contribution in [0.15, 0.2) is 0 Å². The molecule has 0 saturated carbocycles. The molecule has 0 aliphatic rings. The van der Waals surface area contributed by atoms with Gasteiger partial charge >= 0.3 is 0 Å². The van der Waals surface area contributed by atoms with Crippen molar-refractivity contribution in [3.05, 3.63) is 0 Å². The van der Waals surface area contributed by atoms with E-state index in [2.05, 4.69) is 10.3 Å². The van der Waals surface area contributed by atoms with Crippen molar-refractivity contribution in [3.8, 4) is 0 Å². The molecule has 0 radical (unpaired) electrons. The van der Waals surface area contributed by atoms with Crippen LogP contribution >= 0.6 is 9.90 Å². The maximum absolute atomic E-state index is 9.19. The summed E-state index contributed by atoms with van der Waals surface area (Å²) in [6.07, 6.45) is 0. The van der Waals surface area contributed by atoms with Crippen LogP contribution in [0, 0.1) is 0 Å². The SMILES string of the molecule is NS(N)(=O)=O.P. The first-order valence-electron chi connectivity index (χ1n) is 0.805. The molecule has 0 spiro atoms. The van der Waals surface area contributed by atoms with Gasteiger partial charge in [-0.05, 0) is 0 Å². The first-order valence-corrected chi connectivity index (χ1v) is 2.41. The predicted octanol–water partition coefficient (Wildman–Crippen LogP) is -1.79. The maximum Gasteiger partial charge on any atom is 0.271 e. The molecule has 0 rings (SSSR count). The van der Waals surface area contributed by atoms with E-state index in [9.17, 15) is 8.42 Å². The minimum absolute atomic E-state index is 0. The topological polar surface area (TPSA) is 86.2 Å². The van der Waals surface area contributed by atoms with Crippen LogP contribution in [0.5, 0.6) is 0 Å². The second kappa shape index (κ2) is 2.47. The minimum atomic E-state index is -3.67. The summed E-state index contributed by atoms with van der Waals surface area (Å²) in [4.78, 5) is 0. The second-order valence-corrected chi connectivity index (χ2v) is 1.77. The van der Waals surface area contributed by atoms with Crippen LogP contribution in [-0.4, -0.2) is 8.42 Å². The Balaban J connectivity index is 0. The second-order valence-electron chi connectivity index (χ2n) is 0.589. The zero-order valence-electron chi connectivity index (χ0n) is 3.09. The van der Waals surface area contributed by atoms with E-state index in [1.165, 1.54) is 0 Å². The van der Waals surface area contributed by atoms with Crippen LogP contribution in [0.3, 0.4) is 0 Å². The summed E-state index contributed by atoms with van der Waals surface area (Å²) >= 11 is 0. The number of hydrogen-bond donors (Lipinski definition) is 2. The molecule has 0 aromatic carbocycles. The highest BCUT2D eigenvalue weighted by atomic mass is 32.2. The van der Waals surface area contributed by atoms with Gasteiger partial charge in [-0.25, -0.2) is 10.3 Å². The van der Waals surface area contributed by atoms with Crippen LogP contribution in [0.25, 0.3) is 0 Å². The molecule has 1 atom stereocenters. The van der Waals surface area contributed by atoms with Gasteiger partial charge in [-0.3, -0.25) is 0 Å². The van der Waals surface area contributed by atoms with Crippen LogP contribution < -0.4 is 10.3 Å². The fraction of sp³-hybridized carbons (Fsp3) is 0. The Hall–Kier alpha value is 0.300. The molecule has 6 heavy (non-hydrogen) atoms. The predicted molar refractivity (Wildman–Crippen MR) is 28.4 cm³/mol. The Morgan fingerprint density at radius 1 is 1.17 bits per heavy atom. The minimum Gasteiger partial charge on any atom is -0.216 e. The van der Waals surface area contributed by atoms with Crippen molar-refractivity contribution in [2.24, 2.45) is 10.3 Å². The summed E-state index contributed by atoms with van der Waals surface area (Å²) in [6, 6.07) is 0. The normalized spacial score (nSPS) is 9.67. The molecule has 0 aromatic rings. The lowest BCUT2D eigenvalue weighted by Gasteiger charge is -1.72. The molecule has 0 bridgehead atoms. The van der Waals surface area contributed by atoms with Crippen molar-refractivity contribution in [2.45, 2.75) is 0 Å². The first kappa shape index (κ1) is 9.57. The quantitative estimate of drug-likeness (QED) is 0.379. The van der Waals surface area contributed by atoms with E-state index in [4.69, 9.17) is 0 Å². The lowest BCUT2D eigenvalue weighted by atomic mass is 13.9. The molecule has 0 heterocycles. The van der Waals surface area contributed by atoms with Crippen molar-refractivity contribution in [3.63, 3.8) is 0 Å². The van der Waals surface area contributed by atoms with E-state index in [1.54, 1.807) is 0 Å². The summed E-state index contributed by atoms with van der Waals surface area (Å²) in [6.45, 7) is 0. The Morgan fingerprint density at radius 3 is 1.17 bits per heavy atom. The van der Waals surface area contributed by atoms with Gasteiger partial charge in [-0.2, -0.15) is 18.3 Å². The number of rotatable bonds is 0. The van der Waals surface area contributed by atoms with Crippen LogP contribution in [-0.2, 0) is 10.2 Å². The lowest BCUT2D eigenvalue weighted by molar-refractivity contribution is 0.599. The molecule has 1 unspecified atom stereocenters. The van der Waals surface area contributed by atoms with Gasteiger partial charge in [0, 0.05) is 0 Å². The van der Waals surface area contributed by atoms with Crippen LogP contribution in [0.4, 0.5) is 0 Å². The zero-order valence-corrected chi connectivity index (χ0v) is 5.32. The fourth-order valence-corrected chi connectivity index (χ4v) is 0. The van der Waals surface area contributed by atoms with Crippen LogP contribution in [0.1, 0.15) is 0 Å². The third-order valence-electron chi connectivity index (χ3n) is 0. The third kappa shape index (κ3) is 520. The molecule has 0 aromatic heterocycles. The monoisotopic (exact) mass is 130 g/mol. The Kier molecular flexibility index (Phi) is 3.94. The molecule has 6 heteroatoms. The fourth-order valence-electron chi connectivity index (χ4n) is 0. The molecular weight excluding hydrogens is 123 g/mol. The average molecular weight is 130 g/mol. The van der Waals surface area contributed by atoms with E-state index < -0.39 is 10.2 Å². The van der Waals surface area contributed by atoms with Gasteiger partial charge in [-0.15, -0.1) is 0 Å². The summed E-state index contributed by atoms with van der Waals surface area (Å²) in [7, 11) is -3.67. The van der Waals surface area contributed by atoms with Gasteiger partial charge in [0.25, 0.3) is 10.2 Å². The summed E-state index contributed by atoms with van der Waals surface area (Å²) in [5, 5.41) is 8.21. The van der Waals surface area contributed by atoms with Gasteiger partial charge in [-0.1, -0.05) is 0 Å². The molecular formula is H7N2O2PS. The van der Waals surface area contributed by atoms with E-state index in [0.717, 1.165) is 0 Å². The highest BCUT2D eigenvalue weighted by Crippen LogP contribution is 1.40. The van der Waals surface area contributed by atoms with Crippen molar-refractivity contribution in [2.75, 3.05) is 0 Å². The zero-order chi connectivity index (χ0) is 4.50. The molecule has 4 N–H and O–H groups in total. The number of nitrogens with two attached hydrogens (primary N) is 2. The van der Waals surface area contributed by atoms with Gasteiger partial charge in [0.15, 0.2) is 0 Å². The van der Waals surface area contributed by atoms with Gasteiger partial charge in [0.2, 0.25) is 0 Å². The molecule has 4 nitrogen and oxygen atoms in total. The largest absolute Gasteiger partial charge is 0.271 e. The highest BCUT2D eigenvalue weighted by molar-refractivity contribution is 7.86. The third-order valence-corrected chi connectivity index (χ3v) is 0. The van der Waals surface area contributed by atoms with Gasteiger partial charge < -0.3 is 0 Å². The summed E-state index contributed by atoms with van der Waals surface area (Å²) in [5.74, 6) is 0. The van der Waals surface area contributed by atoms with Crippen molar-refractivity contribution < 1.29 is 8.42 Å². The van der Waals surface area contributed by atoms with Crippen molar-refractivity contribution in [1.82, 2.24) is 0 Å². The molecule has 0 amide bonds. The van der Waals surface area contributed by atoms with E-state index in [1.807, 2.05) is 0 Å². The maximum atomic E-state index is 9.19. The van der Waals surface area contributed by atoms with Crippen molar-refractivity contribution >= 4 is 20.1 Å². The van der Waals surface area contributed by atoms with Gasteiger partial charge in [0.1, 0.15) is 0 Å². The summed E-state index contributed by atoms with van der Waals surface area (Å²) in [5.41, 5.74) is 0. The Bertz CT molecular complexity index is 94.7. The number of hydrogen-bond acceptors (Lipinski definition) is 2. The first-order chi connectivity index (χ1) is 2.00. The molecule has 0 aliphatic carbocycles. The van der Waals surface area contributed by atoms with E-state index in [-0.39, 0.29) is 9.90 Å². The molecule has 0 fully saturated rings. The Labute approximate surface area is 39.7 Å². The lowest BCUT2D eigenvalue weighted by Crippen LogP contribution is -2.21. The smallest absolute Gasteiger partial charge is 0.216 e. The standard InChI is InChI=1S/H4N2O2S.H3P/c1-5(2,3)4;/h(H4,1,2,3,4);1H3. The molecule has 0 saturated heterocycles. The highest BCUT2D eigenvalue weighted by Gasteiger charge is 1.78. The summed E-state index contributed by atoms with van der Waals surface area (Å²) < 4.78 is 18.4. The molecule has 0 aliphatic heterocycles. The van der Waals surface area contributed by atoms with E-state index >= 15 is 0 Å².